The van der Waals surface area contributed by atoms with Gasteiger partial charge in [-0.25, -0.2) is 4.98 Å². The lowest BCUT2D eigenvalue weighted by atomic mass is 10.3. The van der Waals surface area contributed by atoms with Crippen molar-refractivity contribution in [1.29, 1.82) is 0 Å². The van der Waals surface area contributed by atoms with Gasteiger partial charge in [-0.3, -0.25) is 0 Å². The SMILES string of the molecule is CC(C)Oc1nc(NCCc2nccs2)ccc1N. The van der Waals surface area contributed by atoms with Gasteiger partial charge < -0.3 is 15.8 Å². The molecule has 3 N–H and O–H groups in total. The van der Waals surface area contributed by atoms with E-state index in [1.807, 2.05) is 31.5 Å². The molecule has 0 radical (unpaired) electrons. The lowest BCUT2D eigenvalue weighted by Crippen LogP contribution is -2.11. The number of hydrogen-bond acceptors (Lipinski definition) is 6. The summed E-state index contributed by atoms with van der Waals surface area (Å²) in [6.07, 6.45) is 2.75. The molecule has 0 saturated heterocycles. The van der Waals surface area contributed by atoms with Gasteiger partial charge in [-0.1, -0.05) is 0 Å². The zero-order valence-corrected chi connectivity index (χ0v) is 11.9. The first-order valence-electron chi connectivity index (χ1n) is 6.20. The Morgan fingerprint density at radius 3 is 2.95 bits per heavy atom. The fourth-order valence-electron chi connectivity index (χ4n) is 1.54. The molecular weight excluding hydrogens is 260 g/mol. The third-order valence-corrected chi connectivity index (χ3v) is 3.20. The van der Waals surface area contributed by atoms with E-state index in [2.05, 4.69) is 15.3 Å². The van der Waals surface area contributed by atoms with Crippen LogP contribution in [-0.4, -0.2) is 22.6 Å². The van der Waals surface area contributed by atoms with Crippen LogP contribution in [0, 0.1) is 0 Å². The molecule has 2 heterocycles. The molecule has 0 aliphatic heterocycles. The molecule has 0 amide bonds. The number of thiazole rings is 1. The van der Waals surface area contributed by atoms with Crippen molar-refractivity contribution in [2.45, 2.75) is 26.4 Å². The van der Waals surface area contributed by atoms with Crippen LogP contribution < -0.4 is 15.8 Å². The van der Waals surface area contributed by atoms with Gasteiger partial charge in [0.1, 0.15) is 5.82 Å². The summed E-state index contributed by atoms with van der Waals surface area (Å²) in [6, 6.07) is 3.65. The first-order chi connectivity index (χ1) is 9.15. The molecule has 0 aliphatic rings. The Bertz CT molecular complexity index is 513. The van der Waals surface area contributed by atoms with Gasteiger partial charge in [0.15, 0.2) is 0 Å². The number of hydrogen-bond donors (Lipinski definition) is 2. The summed E-state index contributed by atoms with van der Waals surface area (Å²) in [5.41, 5.74) is 6.37. The number of rotatable bonds is 6. The van der Waals surface area contributed by atoms with E-state index in [1.165, 1.54) is 0 Å². The van der Waals surface area contributed by atoms with Gasteiger partial charge in [-0.2, -0.15) is 4.98 Å². The van der Waals surface area contributed by atoms with E-state index >= 15 is 0 Å². The molecule has 0 unspecified atom stereocenters. The third kappa shape index (κ3) is 4.10. The Morgan fingerprint density at radius 2 is 2.26 bits per heavy atom. The highest BCUT2D eigenvalue weighted by molar-refractivity contribution is 7.09. The molecule has 0 spiro atoms. The number of ether oxygens (including phenoxy) is 1. The standard InChI is InChI=1S/C13H18N4OS/c1-9(2)18-13-10(14)3-4-11(17-13)15-6-5-12-16-7-8-19-12/h3-4,7-9H,5-6,14H2,1-2H3,(H,15,17). The van der Waals surface area contributed by atoms with Gasteiger partial charge in [0.2, 0.25) is 5.88 Å². The van der Waals surface area contributed by atoms with Crippen LogP contribution in [0.2, 0.25) is 0 Å². The Morgan fingerprint density at radius 1 is 1.42 bits per heavy atom. The largest absolute Gasteiger partial charge is 0.473 e. The van der Waals surface area contributed by atoms with Crippen molar-refractivity contribution in [3.05, 3.63) is 28.7 Å². The molecule has 6 heteroatoms. The van der Waals surface area contributed by atoms with Gasteiger partial charge in [-0.05, 0) is 26.0 Å². The molecule has 102 valence electrons. The van der Waals surface area contributed by atoms with Gasteiger partial charge in [-0.15, -0.1) is 11.3 Å². The lowest BCUT2D eigenvalue weighted by molar-refractivity contribution is 0.234. The highest BCUT2D eigenvalue weighted by atomic mass is 32.1. The van der Waals surface area contributed by atoms with Crippen molar-refractivity contribution < 1.29 is 4.74 Å². The average Bonchev–Trinajstić information content (AvgIpc) is 2.86. The number of nitrogen functional groups attached to an aromatic ring is 1. The molecule has 5 nitrogen and oxygen atoms in total. The number of nitrogens with zero attached hydrogens (tertiary/aromatic N) is 2. The van der Waals surface area contributed by atoms with Gasteiger partial charge in [0.05, 0.1) is 16.8 Å². The van der Waals surface area contributed by atoms with E-state index in [9.17, 15) is 0 Å². The molecule has 0 bridgehead atoms. The predicted octanol–water partition coefficient (Wildman–Crippen LogP) is 2.56. The maximum absolute atomic E-state index is 5.82. The van der Waals surface area contributed by atoms with E-state index < -0.39 is 0 Å². The highest BCUT2D eigenvalue weighted by Gasteiger charge is 2.06. The Kier molecular flexibility index (Phi) is 4.57. The second-order valence-electron chi connectivity index (χ2n) is 4.36. The number of nitrogens with one attached hydrogen (secondary N) is 1. The lowest BCUT2D eigenvalue weighted by Gasteiger charge is -2.12. The van der Waals surface area contributed by atoms with Crippen molar-refractivity contribution in [1.82, 2.24) is 9.97 Å². The van der Waals surface area contributed by atoms with Crippen LogP contribution in [0.1, 0.15) is 18.9 Å². The summed E-state index contributed by atoms with van der Waals surface area (Å²) >= 11 is 1.66. The molecule has 0 saturated carbocycles. The smallest absolute Gasteiger partial charge is 0.239 e. The molecule has 2 aromatic rings. The van der Waals surface area contributed by atoms with Crippen molar-refractivity contribution in [2.24, 2.45) is 0 Å². The van der Waals surface area contributed by atoms with Crippen LogP contribution in [0.5, 0.6) is 5.88 Å². The topological polar surface area (TPSA) is 73.1 Å². The fourth-order valence-corrected chi connectivity index (χ4v) is 2.16. The Labute approximate surface area is 116 Å². The minimum atomic E-state index is 0.0559. The second kappa shape index (κ2) is 6.38. The molecule has 0 aromatic carbocycles. The zero-order valence-electron chi connectivity index (χ0n) is 11.1. The van der Waals surface area contributed by atoms with E-state index in [4.69, 9.17) is 10.5 Å². The minimum Gasteiger partial charge on any atom is -0.473 e. The van der Waals surface area contributed by atoms with E-state index in [0.717, 1.165) is 23.8 Å². The van der Waals surface area contributed by atoms with Crippen LogP contribution in [0.15, 0.2) is 23.7 Å². The molecule has 2 rings (SSSR count). The van der Waals surface area contributed by atoms with Crippen molar-refractivity contribution in [3.63, 3.8) is 0 Å². The van der Waals surface area contributed by atoms with Gasteiger partial charge in [0.25, 0.3) is 0 Å². The summed E-state index contributed by atoms with van der Waals surface area (Å²) < 4.78 is 5.55. The molecule has 0 fully saturated rings. The van der Waals surface area contributed by atoms with Crippen LogP contribution in [0.4, 0.5) is 11.5 Å². The molecule has 19 heavy (non-hydrogen) atoms. The minimum absolute atomic E-state index is 0.0559. The summed E-state index contributed by atoms with van der Waals surface area (Å²) in [5, 5.41) is 6.33. The highest BCUT2D eigenvalue weighted by Crippen LogP contribution is 2.21. The molecule has 2 aromatic heterocycles. The van der Waals surface area contributed by atoms with Crippen LogP contribution in [0.3, 0.4) is 0 Å². The summed E-state index contributed by atoms with van der Waals surface area (Å²) in [7, 11) is 0. The first kappa shape index (κ1) is 13.6. The third-order valence-electron chi connectivity index (χ3n) is 2.37. The number of nitrogens with two attached hydrogens (primary N) is 1. The summed E-state index contributed by atoms with van der Waals surface area (Å²) in [5.74, 6) is 1.25. The first-order valence-corrected chi connectivity index (χ1v) is 7.08. The van der Waals surface area contributed by atoms with Crippen molar-refractivity contribution >= 4 is 22.8 Å². The quantitative estimate of drug-likeness (QED) is 0.849. The van der Waals surface area contributed by atoms with Crippen LogP contribution >= 0.6 is 11.3 Å². The van der Waals surface area contributed by atoms with Gasteiger partial charge in [0, 0.05) is 24.5 Å². The number of anilines is 2. The fraction of sp³-hybridized carbons (Fsp3) is 0.385. The Hall–Kier alpha value is -1.82. The maximum Gasteiger partial charge on any atom is 0.239 e. The summed E-state index contributed by atoms with van der Waals surface area (Å²) in [4.78, 5) is 8.59. The van der Waals surface area contributed by atoms with Crippen molar-refractivity contribution in [2.75, 3.05) is 17.6 Å². The van der Waals surface area contributed by atoms with Gasteiger partial charge >= 0.3 is 0 Å². The molecule has 0 aliphatic carbocycles. The van der Waals surface area contributed by atoms with Crippen molar-refractivity contribution in [3.8, 4) is 5.88 Å². The Balaban J connectivity index is 1.93. The predicted molar refractivity (Wildman–Crippen MR) is 78.7 cm³/mol. The molecule has 0 atom stereocenters. The average molecular weight is 278 g/mol. The zero-order chi connectivity index (χ0) is 13.7. The monoisotopic (exact) mass is 278 g/mol. The molecular formula is C13H18N4OS. The second-order valence-corrected chi connectivity index (χ2v) is 5.34. The maximum atomic E-state index is 5.82. The normalized spacial score (nSPS) is 10.7. The van der Waals surface area contributed by atoms with Crippen LogP contribution in [-0.2, 0) is 6.42 Å². The number of pyridine rings is 1. The van der Waals surface area contributed by atoms with E-state index in [1.54, 1.807) is 17.4 Å². The summed E-state index contributed by atoms with van der Waals surface area (Å²) in [6.45, 7) is 4.68. The van der Waals surface area contributed by atoms with E-state index in [-0.39, 0.29) is 6.10 Å². The number of aromatic nitrogens is 2. The van der Waals surface area contributed by atoms with E-state index in [0.29, 0.717) is 11.6 Å². The van der Waals surface area contributed by atoms with Crippen LogP contribution in [0.25, 0.3) is 0 Å².